The van der Waals surface area contributed by atoms with Gasteiger partial charge < -0.3 is 0 Å². The Morgan fingerprint density at radius 2 is 1.12 bits per heavy atom. The minimum atomic E-state index is 0.0126. The minimum Gasteiger partial charge on any atom is -0.281 e. The van der Waals surface area contributed by atoms with Gasteiger partial charge in [-0.15, -0.1) is 0 Å². The van der Waals surface area contributed by atoms with Crippen LogP contribution in [-0.2, 0) is 17.6 Å². The highest BCUT2D eigenvalue weighted by Crippen LogP contribution is 2.51. The van der Waals surface area contributed by atoms with E-state index in [1.54, 1.807) is 0 Å². The van der Waals surface area contributed by atoms with Gasteiger partial charge in [0.2, 0.25) is 0 Å². The van der Waals surface area contributed by atoms with Gasteiger partial charge in [0.15, 0.2) is 0 Å². The molecule has 1 heterocycles. The van der Waals surface area contributed by atoms with Gasteiger partial charge in [0.25, 0.3) is 0 Å². The van der Waals surface area contributed by atoms with E-state index in [-0.39, 0.29) is 11.1 Å². The lowest BCUT2D eigenvalue weighted by atomic mass is 9.88. The molecule has 4 rings (SSSR count). The second-order valence-electron chi connectivity index (χ2n) is 7.93. The molecule has 3 aromatic carbocycles. The summed E-state index contributed by atoms with van der Waals surface area (Å²) < 4.78 is 0. The van der Waals surface area contributed by atoms with Gasteiger partial charge in [-0.2, -0.15) is 0 Å². The van der Waals surface area contributed by atoms with Crippen LogP contribution >= 0.6 is 0 Å². The third kappa shape index (κ3) is 2.19. The highest BCUT2D eigenvalue weighted by atomic mass is 15.3. The third-order valence-electron chi connectivity index (χ3n) is 5.74. The molecule has 1 aliphatic rings. The summed E-state index contributed by atoms with van der Waals surface area (Å²) in [4.78, 5) is 2.64. The maximum atomic E-state index is 2.64. The second-order valence-corrected chi connectivity index (χ2v) is 7.93. The van der Waals surface area contributed by atoms with Crippen LogP contribution in [0.1, 0.15) is 44.4 Å². The smallest absolute Gasteiger partial charge is 0.0420 e. The molecule has 0 unspecified atom stereocenters. The summed E-state index contributed by atoms with van der Waals surface area (Å²) in [6, 6.07) is 24.3. The van der Waals surface area contributed by atoms with E-state index in [4.69, 9.17) is 0 Å². The van der Waals surface area contributed by atoms with E-state index in [9.17, 15) is 0 Å². The lowest BCUT2D eigenvalue weighted by Crippen LogP contribution is -2.44. The van der Waals surface area contributed by atoms with Crippen molar-refractivity contribution in [2.45, 2.75) is 45.3 Å². The SMILES string of the molecule is CC1(C)c2cc3ccccc3cc2C(C)(C)N1Cc1ccccc1. The Kier molecular flexibility index (Phi) is 3.33. The van der Waals surface area contributed by atoms with Gasteiger partial charge in [0.1, 0.15) is 0 Å². The van der Waals surface area contributed by atoms with Gasteiger partial charge in [0, 0.05) is 17.6 Å². The number of hydrogen-bond donors (Lipinski definition) is 0. The molecule has 0 aromatic heterocycles. The molecule has 0 spiro atoms. The van der Waals surface area contributed by atoms with E-state index in [2.05, 4.69) is 99.3 Å². The standard InChI is InChI=1S/C23H25N/c1-22(2)20-14-18-12-8-9-13-19(18)15-21(20)23(3,4)24(22)16-17-10-6-5-7-11-17/h5-15H,16H2,1-4H3. The molecular weight excluding hydrogens is 290 g/mol. The molecule has 0 aliphatic carbocycles. The quantitative estimate of drug-likeness (QED) is 0.575. The molecule has 24 heavy (non-hydrogen) atoms. The van der Waals surface area contributed by atoms with Gasteiger partial charge in [-0.3, -0.25) is 4.90 Å². The zero-order chi connectivity index (χ0) is 16.9. The molecule has 122 valence electrons. The van der Waals surface area contributed by atoms with Gasteiger partial charge >= 0.3 is 0 Å². The van der Waals surface area contributed by atoms with Gasteiger partial charge in [-0.25, -0.2) is 0 Å². The molecule has 0 N–H and O–H groups in total. The van der Waals surface area contributed by atoms with E-state index in [0.717, 1.165) is 6.54 Å². The second kappa shape index (κ2) is 5.19. The lowest BCUT2D eigenvalue weighted by molar-refractivity contribution is 0.0312. The Morgan fingerprint density at radius 1 is 0.667 bits per heavy atom. The Bertz CT molecular complexity index is 836. The van der Waals surface area contributed by atoms with Gasteiger partial charge in [-0.05, 0) is 67.3 Å². The van der Waals surface area contributed by atoms with Crippen molar-refractivity contribution in [1.29, 1.82) is 0 Å². The Morgan fingerprint density at radius 3 is 1.62 bits per heavy atom. The van der Waals surface area contributed by atoms with Crippen molar-refractivity contribution in [2.24, 2.45) is 0 Å². The van der Waals surface area contributed by atoms with Crippen LogP contribution in [0.4, 0.5) is 0 Å². The maximum Gasteiger partial charge on any atom is 0.0420 e. The van der Waals surface area contributed by atoms with E-state index >= 15 is 0 Å². The molecule has 0 saturated heterocycles. The first-order valence-corrected chi connectivity index (χ1v) is 8.76. The Hall–Kier alpha value is -2.12. The van der Waals surface area contributed by atoms with Crippen molar-refractivity contribution in [2.75, 3.05) is 0 Å². The first-order chi connectivity index (χ1) is 11.4. The molecule has 1 aliphatic heterocycles. The molecule has 0 atom stereocenters. The van der Waals surface area contributed by atoms with Crippen molar-refractivity contribution in [3.05, 3.63) is 83.4 Å². The summed E-state index contributed by atoms with van der Waals surface area (Å²) in [5.41, 5.74) is 4.32. The molecule has 0 amide bonds. The molecular formula is C23H25N. The van der Waals surface area contributed by atoms with Crippen molar-refractivity contribution < 1.29 is 0 Å². The van der Waals surface area contributed by atoms with Crippen molar-refractivity contribution in [3.63, 3.8) is 0 Å². The van der Waals surface area contributed by atoms with E-state index < -0.39 is 0 Å². The summed E-state index contributed by atoms with van der Waals surface area (Å²) in [5, 5.41) is 2.67. The Balaban J connectivity index is 1.86. The molecule has 1 heteroatoms. The van der Waals surface area contributed by atoms with Crippen LogP contribution in [0.3, 0.4) is 0 Å². The largest absolute Gasteiger partial charge is 0.281 e. The summed E-state index contributed by atoms with van der Waals surface area (Å²) in [6.07, 6.45) is 0. The fourth-order valence-electron chi connectivity index (χ4n) is 4.40. The predicted octanol–water partition coefficient (Wildman–Crippen LogP) is 5.83. The van der Waals surface area contributed by atoms with Crippen LogP contribution in [0.25, 0.3) is 10.8 Å². The van der Waals surface area contributed by atoms with Crippen LogP contribution in [0, 0.1) is 0 Å². The average molecular weight is 315 g/mol. The highest BCUT2D eigenvalue weighted by Gasteiger charge is 2.48. The minimum absolute atomic E-state index is 0.0126. The predicted molar refractivity (Wildman–Crippen MR) is 102 cm³/mol. The van der Waals surface area contributed by atoms with Crippen LogP contribution in [0.2, 0.25) is 0 Å². The summed E-state index contributed by atoms with van der Waals surface area (Å²) >= 11 is 0. The van der Waals surface area contributed by atoms with Crippen molar-refractivity contribution >= 4 is 10.8 Å². The maximum absolute atomic E-state index is 2.64. The fourth-order valence-corrected chi connectivity index (χ4v) is 4.40. The lowest BCUT2D eigenvalue weighted by Gasteiger charge is -2.41. The first-order valence-electron chi connectivity index (χ1n) is 8.76. The van der Waals surface area contributed by atoms with Gasteiger partial charge in [0.05, 0.1) is 0 Å². The van der Waals surface area contributed by atoms with Crippen LogP contribution in [0.5, 0.6) is 0 Å². The normalized spacial score (nSPS) is 18.7. The summed E-state index contributed by atoms with van der Waals surface area (Å²) in [6.45, 7) is 10.4. The number of nitrogens with zero attached hydrogens (tertiary/aromatic N) is 1. The molecule has 1 nitrogen and oxygen atoms in total. The first kappa shape index (κ1) is 15.4. The van der Waals surface area contributed by atoms with E-state index in [1.165, 1.54) is 27.5 Å². The summed E-state index contributed by atoms with van der Waals surface area (Å²) in [5.74, 6) is 0. The van der Waals surface area contributed by atoms with Crippen LogP contribution in [-0.4, -0.2) is 4.90 Å². The molecule has 0 fully saturated rings. The number of hydrogen-bond acceptors (Lipinski definition) is 1. The topological polar surface area (TPSA) is 3.24 Å². The molecule has 3 aromatic rings. The number of fused-ring (bicyclic) bond motifs is 2. The highest BCUT2D eigenvalue weighted by molar-refractivity contribution is 5.85. The van der Waals surface area contributed by atoms with E-state index in [0.29, 0.717) is 0 Å². The molecule has 0 radical (unpaired) electrons. The van der Waals surface area contributed by atoms with Crippen molar-refractivity contribution in [1.82, 2.24) is 4.90 Å². The molecule has 0 saturated carbocycles. The van der Waals surface area contributed by atoms with Crippen LogP contribution < -0.4 is 0 Å². The van der Waals surface area contributed by atoms with Crippen molar-refractivity contribution in [3.8, 4) is 0 Å². The monoisotopic (exact) mass is 315 g/mol. The number of benzene rings is 3. The Labute approximate surface area is 144 Å². The van der Waals surface area contributed by atoms with Crippen LogP contribution in [0.15, 0.2) is 66.7 Å². The average Bonchev–Trinajstić information content (AvgIpc) is 2.72. The molecule has 0 bridgehead atoms. The number of rotatable bonds is 2. The zero-order valence-corrected chi connectivity index (χ0v) is 15.0. The summed E-state index contributed by atoms with van der Waals surface area (Å²) in [7, 11) is 0. The zero-order valence-electron chi connectivity index (χ0n) is 15.0. The third-order valence-corrected chi connectivity index (χ3v) is 5.74. The fraction of sp³-hybridized carbons (Fsp3) is 0.304. The van der Waals surface area contributed by atoms with E-state index in [1.807, 2.05) is 0 Å². The van der Waals surface area contributed by atoms with Gasteiger partial charge in [-0.1, -0.05) is 54.6 Å².